The van der Waals surface area contributed by atoms with Crippen molar-refractivity contribution in [1.29, 1.82) is 0 Å². The lowest BCUT2D eigenvalue weighted by Crippen LogP contribution is -2.62. The summed E-state index contributed by atoms with van der Waals surface area (Å²) in [5.41, 5.74) is -4.24. The number of hydrogen-bond donors (Lipinski definition) is 3. The fraction of sp³-hybridized carbons (Fsp3) is 0.927. The SMILES string of the molecule is CC[C@H]1OC(=O)[C@H](C)[C@@H](OC2C[C@@](C)(OC)[C@@H](OC(C)=O)[C@H](C)O2)[C@H](C)[C@@H](O[C@@H]2O[C@H](C)C[C@H](N(C)C)[C@H]2O)[C@@](C)(OC)C[C@@H](C)C(=O)[C@H](C)[C@@H](OCO)[C@]1(C)O. The van der Waals surface area contributed by atoms with Crippen LogP contribution in [-0.2, 0) is 57.0 Å². The van der Waals surface area contributed by atoms with Crippen LogP contribution in [0.2, 0.25) is 0 Å². The lowest BCUT2D eigenvalue weighted by molar-refractivity contribution is -0.320. The van der Waals surface area contributed by atoms with E-state index in [9.17, 15) is 29.7 Å². The van der Waals surface area contributed by atoms with Gasteiger partial charge in [0.1, 0.15) is 42.1 Å². The fourth-order valence-electron chi connectivity index (χ4n) is 9.35. The van der Waals surface area contributed by atoms with Gasteiger partial charge in [-0.3, -0.25) is 14.4 Å². The van der Waals surface area contributed by atoms with Crippen LogP contribution >= 0.6 is 0 Å². The molecule has 0 radical (unpaired) electrons. The topological polar surface area (TPSA) is 198 Å². The molecule has 0 bridgehead atoms. The number of cyclic esters (lactones) is 1. The molecule has 332 valence electrons. The second-order valence-corrected chi connectivity index (χ2v) is 17.5. The zero-order valence-corrected chi connectivity index (χ0v) is 36.9. The molecule has 0 aromatic heterocycles. The Morgan fingerprint density at radius 2 is 1.49 bits per heavy atom. The first kappa shape index (κ1) is 49.5. The zero-order valence-electron chi connectivity index (χ0n) is 36.9. The van der Waals surface area contributed by atoms with Gasteiger partial charge in [0.25, 0.3) is 0 Å². The van der Waals surface area contributed by atoms with Gasteiger partial charge in [-0.25, -0.2) is 0 Å². The molecule has 0 aliphatic carbocycles. The molecule has 57 heavy (non-hydrogen) atoms. The van der Waals surface area contributed by atoms with E-state index >= 15 is 0 Å². The van der Waals surface area contributed by atoms with Crippen molar-refractivity contribution in [2.24, 2.45) is 23.7 Å². The third kappa shape index (κ3) is 11.1. The molecule has 16 nitrogen and oxygen atoms in total. The number of ether oxygens (including phenoxy) is 9. The summed E-state index contributed by atoms with van der Waals surface area (Å²) < 4.78 is 55.9. The summed E-state index contributed by atoms with van der Waals surface area (Å²) >= 11 is 0. The summed E-state index contributed by atoms with van der Waals surface area (Å²) in [6, 6.07) is -0.306. The third-order valence-electron chi connectivity index (χ3n) is 12.7. The van der Waals surface area contributed by atoms with Gasteiger partial charge in [0.2, 0.25) is 0 Å². The van der Waals surface area contributed by atoms with Gasteiger partial charge < -0.3 is 62.9 Å². The molecule has 0 saturated carbocycles. The Hall–Kier alpha value is -1.83. The highest BCUT2D eigenvalue weighted by Crippen LogP contribution is 2.42. The number of nitrogens with zero attached hydrogens (tertiary/aromatic N) is 1. The first-order valence-electron chi connectivity index (χ1n) is 20.4. The van der Waals surface area contributed by atoms with E-state index in [0.29, 0.717) is 6.42 Å². The van der Waals surface area contributed by atoms with Crippen molar-refractivity contribution in [2.45, 2.75) is 186 Å². The second kappa shape index (κ2) is 20.2. The van der Waals surface area contributed by atoms with E-state index in [1.54, 1.807) is 48.5 Å². The number of esters is 2. The Kier molecular flexibility index (Phi) is 17.5. The average Bonchev–Trinajstić information content (AvgIpc) is 3.14. The standard InChI is InChI=1S/C41H73NO15/c1-16-29-41(11,48)35(51-20-43)23(4)31(45)21(2)18-39(9,49-14)34(57-38-32(46)28(42(12)13)17-22(3)52-38)24(5)33(25(6)37(47)55-29)56-30-19-40(10,50-15)36(26(7)53-30)54-27(8)44/h21-26,28-30,32-36,38,43,46,48H,16-20H2,1-15H3/t21-,22-,23+,24+,25-,26+,28+,29-,30?,32-,33+,34-,35-,36+,38+,39+,40-,41-/m1/s1. The number of hydrogen-bond acceptors (Lipinski definition) is 16. The van der Waals surface area contributed by atoms with Crippen LogP contribution in [0.4, 0.5) is 0 Å². The minimum Gasteiger partial charge on any atom is -0.459 e. The van der Waals surface area contributed by atoms with Crippen molar-refractivity contribution >= 4 is 17.7 Å². The molecule has 3 aliphatic heterocycles. The molecule has 3 aliphatic rings. The van der Waals surface area contributed by atoms with Crippen LogP contribution in [0.25, 0.3) is 0 Å². The van der Waals surface area contributed by atoms with E-state index in [0.717, 1.165) is 0 Å². The van der Waals surface area contributed by atoms with Gasteiger partial charge in [0.05, 0.1) is 35.9 Å². The second-order valence-electron chi connectivity index (χ2n) is 17.5. The van der Waals surface area contributed by atoms with Crippen LogP contribution in [0.3, 0.4) is 0 Å². The maximum absolute atomic E-state index is 14.4. The van der Waals surface area contributed by atoms with Crippen LogP contribution in [-0.4, -0.2) is 157 Å². The molecule has 0 aromatic rings. The molecular formula is C41H73NO15. The van der Waals surface area contributed by atoms with Gasteiger partial charge in [0, 0.05) is 51.4 Å². The third-order valence-corrected chi connectivity index (χ3v) is 12.7. The number of likely N-dealkylation sites (N-methyl/N-ethyl adjacent to an activating group) is 1. The Bertz CT molecular complexity index is 1330. The molecule has 0 amide bonds. The fourth-order valence-corrected chi connectivity index (χ4v) is 9.35. The number of methoxy groups -OCH3 is 2. The summed E-state index contributed by atoms with van der Waals surface area (Å²) in [6.07, 6.45) is -8.51. The molecule has 0 spiro atoms. The summed E-state index contributed by atoms with van der Waals surface area (Å²) in [5, 5.41) is 33.6. The monoisotopic (exact) mass is 819 g/mol. The van der Waals surface area contributed by atoms with Crippen molar-refractivity contribution in [3.05, 3.63) is 0 Å². The molecular weight excluding hydrogens is 746 g/mol. The van der Waals surface area contributed by atoms with E-state index in [2.05, 4.69) is 0 Å². The van der Waals surface area contributed by atoms with Crippen molar-refractivity contribution in [3.8, 4) is 0 Å². The highest BCUT2D eigenvalue weighted by atomic mass is 16.7. The molecule has 3 N–H and O–H groups in total. The maximum atomic E-state index is 14.4. The van der Waals surface area contributed by atoms with E-state index < -0.39 is 115 Å². The number of carbonyl (C=O) groups is 3. The van der Waals surface area contributed by atoms with Gasteiger partial charge in [0.15, 0.2) is 18.7 Å². The largest absolute Gasteiger partial charge is 0.459 e. The first-order chi connectivity index (χ1) is 26.4. The molecule has 3 heterocycles. The highest BCUT2D eigenvalue weighted by Gasteiger charge is 2.55. The number of aliphatic hydroxyl groups excluding tert-OH is 2. The van der Waals surface area contributed by atoms with Gasteiger partial charge in [-0.05, 0) is 74.9 Å². The summed E-state index contributed by atoms with van der Waals surface area (Å²) in [4.78, 5) is 42.7. The molecule has 16 heteroatoms. The highest BCUT2D eigenvalue weighted by molar-refractivity contribution is 5.83. The van der Waals surface area contributed by atoms with Crippen molar-refractivity contribution < 1.29 is 72.3 Å². The number of ketones is 1. The first-order valence-corrected chi connectivity index (χ1v) is 20.4. The maximum Gasteiger partial charge on any atom is 0.311 e. The minimum atomic E-state index is -1.91. The summed E-state index contributed by atoms with van der Waals surface area (Å²) in [6.45, 7) is 17.8. The van der Waals surface area contributed by atoms with Gasteiger partial charge >= 0.3 is 11.9 Å². The molecule has 3 saturated heterocycles. The van der Waals surface area contributed by atoms with Crippen LogP contribution < -0.4 is 0 Å². The van der Waals surface area contributed by atoms with Crippen molar-refractivity contribution in [1.82, 2.24) is 4.90 Å². The number of aliphatic hydroxyl groups is 3. The van der Waals surface area contributed by atoms with Crippen LogP contribution in [0.15, 0.2) is 0 Å². The molecule has 18 atom stereocenters. The molecule has 0 aromatic carbocycles. The quantitative estimate of drug-likeness (QED) is 0.203. The van der Waals surface area contributed by atoms with E-state index in [4.69, 9.17) is 42.6 Å². The summed E-state index contributed by atoms with van der Waals surface area (Å²) in [5.74, 6) is -4.97. The van der Waals surface area contributed by atoms with Gasteiger partial charge in [-0.2, -0.15) is 0 Å². The Labute approximate surface area is 339 Å². The lowest BCUT2D eigenvalue weighted by atomic mass is 9.73. The van der Waals surface area contributed by atoms with Crippen LogP contribution in [0, 0.1) is 23.7 Å². The van der Waals surface area contributed by atoms with Crippen LogP contribution in [0.5, 0.6) is 0 Å². The number of Topliss-reactive ketones (excluding diaryl/α,β-unsaturated/α-hetero) is 1. The lowest BCUT2D eigenvalue weighted by Gasteiger charge is -2.50. The predicted molar refractivity (Wildman–Crippen MR) is 207 cm³/mol. The van der Waals surface area contributed by atoms with E-state index in [-0.39, 0.29) is 37.2 Å². The van der Waals surface area contributed by atoms with Gasteiger partial charge in [-0.15, -0.1) is 0 Å². The van der Waals surface area contributed by atoms with E-state index in [1.807, 2.05) is 32.8 Å². The molecule has 1 unspecified atom stereocenters. The van der Waals surface area contributed by atoms with Crippen molar-refractivity contribution in [3.63, 3.8) is 0 Å². The Morgan fingerprint density at radius 1 is 0.895 bits per heavy atom. The van der Waals surface area contributed by atoms with Crippen LogP contribution in [0.1, 0.15) is 102 Å². The number of rotatable bonds is 11. The Balaban J connectivity index is 2.25. The number of carbonyl (C=O) groups excluding carboxylic acids is 3. The molecule has 3 rings (SSSR count). The van der Waals surface area contributed by atoms with Gasteiger partial charge in [-0.1, -0.05) is 27.7 Å². The Morgan fingerprint density at radius 3 is 2.02 bits per heavy atom. The average molecular weight is 820 g/mol. The minimum absolute atomic E-state index is 0.0939. The zero-order chi connectivity index (χ0) is 43.4. The smallest absolute Gasteiger partial charge is 0.311 e. The molecule has 3 fully saturated rings. The summed E-state index contributed by atoms with van der Waals surface area (Å²) in [7, 11) is 6.76. The van der Waals surface area contributed by atoms with E-state index in [1.165, 1.54) is 28.1 Å². The normalized spacial score (nSPS) is 45.6. The predicted octanol–water partition coefficient (Wildman–Crippen LogP) is 2.98. The van der Waals surface area contributed by atoms with Crippen molar-refractivity contribution in [2.75, 3.05) is 35.1 Å².